The van der Waals surface area contributed by atoms with E-state index in [1.807, 2.05) is 6.07 Å². The molecule has 0 aliphatic carbocycles. The van der Waals surface area contributed by atoms with Gasteiger partial charge in [-0.05, 0) is 24.6 Å². The van der Waals surface area contributed by atoms with Crippen molar-refractivity contribution in [2.24, 2.45) is 0 Å². The number of halogens is 4. The van der Waals surface area contributed by atoms with Crippen molar-refractivity contribution in [1.29, 1.82) is 0 Å². The lowest BCUT2D eigenvalue weighted by Crippen LogP contribution is -2.44. The van der Waals surface area contributed by atoms with Gasteiger partial charge in [0.05, 0.1) is 0 Å². The topological polar surface area (TPSA) is 33.7 Å². The van der Waals surface area contributed by atoms with E-state index in [1.54, 1.807) is 12.1 Å². The summed E-state index contributed by atoms with van der Waals surface area (Å²) in [4.78, 5) is 2.31. The smallest absolute Gasteiger partial charge is 0.395 e. The maximum atomic E-state index is 13.0. The van der Waals surface area contributed by atoms with Gasteiger partial charge in [0.15, 0.2) is 11.5 Å². The number of fused-ring (bicyclic) bond motifs is 1. The molecule has 0 radical (unpaired) electrons. The zero-order chi connectivity index (χ0) is 13.5. The second kappa shape index (κ2) is 6.96. The van der Waals surface area contributed by atoms with Crippen LogP contribution < -0.4 is 14.8 Å². The second-order valence-corrected chi connectivity index (χ2v) is 4.84. The van der Waals surface area contributed by atoms with Crippen LogP contribution in [0.3, 0.4) is 0 Å². The number of hydrogen-bond acceptors (Lipinski definition) is 4. The first kappa shape index (κ1) is 18.2. The van der Waals surface area contributed by atoms with E-state index in [1.165, 1.54) is 0 Å². The molecule has 1 fully saturated rings. The number of ether oxygens (including phenoxy) is 2. The van der Waals surface area contributed by atoms with Crippen molar-refractivity contribution in [3.05, 3.63) is 23.8 Å². The van der Waals surface area contributed by atoms with E-state index in [2.05, 4.69) is 26.6 Å². The van der Waals surface area contributed by atoms with Gasteiger partial charge >= 0.3 is 6.29 Å². The van der Waals surface area contributed by atoms with E-state index in [4.69, 9.17) is 0 Å². The number of piperazine rings is 1. The molecular weight excluding hydrogens is 325 g/mol. The Balaban J connectivity index is 0.00000110. The maximum absolute atomic E-state index is 13.0. The third-order valence-corrected chi connectivity index (χ3v) is 3.61. The monoisotopic (exact) mass is 342 g/mol. The molecule has 8 heteroatoms. The van der Waals surface area contributed by atoms with Crippen molar-refractivity contribution < 1.29 is 18.3 Å². The van der Waals surface area contributed by atoms with E-state index in [-0.39, 0.29) is 42.4 Å². The summed E-state index contributed by atoms with van der Waals surface area (Å²) in [5.74, 6) is 0.214. The van der Waals surface area contributed by atoms with Gasteiger partial charge in [-0.2, -0.15) is 0 Å². The molecule has 120 valence electrons. The van der Waals surface area contributed by atoms with Crippen LogP contribution in [0.4, 0.5) is 8.78 Å². The zero-order valence-electron chi connectivity index (χ0n) is 11.5. The van der Waals surface area contributed by atoms with Crippen LogP contribution >= 0.6 is 24.8 Å². The highest BCUT2D eigenvalue weighted by Gasteiger charge is 2.43. The van der Waals surface area contributed by atoms with Crippen LogP contribution in [0.2, 0.25) is 0 Å². The minimum absolute atomic E-state index is 0. The van der Waals surface area contributed by atoms with Gasteiger partial charge < -0.3 is 14.8 Å². The van der Waals surface area contributed by atoms with Gasteiger partial charge in [0, 0.05) is 32.2 Å². The molecule has 21 heavy (non-hydrogen) atoms. The van der Waals surface area contributed by atoms with Crippen LogP contribution in [-0.4, -0.2) is 37.4 Å². The van der Waals surface area contributed by atoms with Crippen LogP contribution in [0.5, 0.6) is 11.5 Å². The molecule has 0 amide bonds. The lowest BCUT2D eigenvalue weighted by molar-refractivity contribution is -0.286. The first-order valence-electron chi connectivity index (χ1n) is 6.40. The van der Waals surface area contributed by atoms with Crippen molar-refractivity contribution >= 4 is 24.8 Å². The highest BCUT2D eigenvalue weighted by Crippen LogP contribution is 2.42. The van der Waals surface area contributed by atoms with Crippen LogP contribution in [0.1, 0.15) is 18.5 Å². The summed E-state index contributed by atoms with van der Waals surface area (Å²) < 4.78 is 34.8. The Kier molecular flexibility index (Phi) is 6.04. The van der Waals surface area contributed by atoms with Crippen LogP contribution in [0.25, 0.3) is 0 Å². The Labute approximate surface area is 134 Å². The summed E-state index contributed by atoms with van der Waals surface area (Å²) in [5.41, 5.74) is 0.960. The molecule has 2 aliphatic rings. The number of nitrogens with one attached hydrogen (secondary N) is 1. The van der Waals surface area contributed by atoms with Crippen molar-refractivity contribution in [2.75, 3.05) is 26.2 Å². The minimum Gasteiger partial charge on any atom is -0.395 e. The maximum Gasteiger partial charge on any atom is 0.586 e. The van der Waals surface area contributed by atoms with Crippen molar-refractivity contribution in [3.63, 3.8) is 0 Å². The Morgan fingerprint density at radius 2 is 1.76 bits per heavy atom. The van der Waals surface area contributed by atoms with E-state index in [0.29, 0.717) is 0 Å². The van der Waals surface area contributed by atoms with Gasteiger partial charge in [-0.1, -0.05) is 6.07 Å². The third kappa shape index (κ3) is 3.88. The molecule has 2 aliphatic heterocycles. The summed E-state index contributed by atoms with van der Waals surface area (Å²) in [6, 6.07) is 5.17. The molecule has 1 aromatic rings. The summed E-state index contributed by atoms with van der Waals surface area (Å²) in [5, 5.41) is 3.29. The highest BCUT2D eigenvalue weighted by molar-refractivity contribution is 5.85. The fraction of sp³-hybridized carbons (Fsp3) is 0.538. The molecular formula is C13H18Cl2F2N2O2. The lowest BCUT2D eigenvalue weighted by Gasteiger charge is -2.33. The average molecular weight is 343 g/mol. The number of nitrogens with zero attached hydrogens (tertiary/aromatic N) is 1. The van der Waals surface area contributed by atoms with E-state index in [0.717, 1.165) is 31.7 Å². The normalized spacial score (nSPS) is 21.1. The van der Waals surface area contributed by atoms with Crippen molar-refractivity contribution in [2.45, 2.75) is 19.3 Å². The molecule has 1 saturated heterocycles. The van der Waals surface area contributed by atoms with Crippen LogP contribution in [0.15, 0.2) is 18.2 Å². The fourth-order valence-electron chi connectivity index (χ4n) is 2.51. The molecule has 0 unspecified atom stereocenters. The largest absolute Gasteiger partial charge is 0.586 e. The molecule has 1 atom stereocenters. The Morgan fingerprint density at radius 1 is 1.14 bits per heavy atom. The van der Waals surface area contributed by atoms with Crippen LogP contribution in [-0.2, 0) is 0 Å². The zero-order valence-corrected chi connectivity index (χ0v) is 13.1. The standard InChI is InChI=1S/C13H16F2N2O2.2ClH/c1-9(17-6-4-16-5-7-17)10-2-3-11-12(8-10)19-13(14,15)18-11;;/h2-3,8-9,16H,4-7H2,1H3;2*1H/t9-;;/m1../s1. The van der Waals surface area contributed by atoms with Gasteiger partial charge in [-0.15, -0.1) is 33.6 Å². The molecule has 4 nitrogen and oxygen atoms in total. The van der Waals surface area contributed by atoms with Gasteiger partial charge in [0.2, 0.25) is 0 Å². The lowest BCUT2D eigenvalue weighted by atomic mass is 10.1. The molecule has 1 aromatic carbocycles. The molecule has 2 heterocycles. The summed E-state index contributed by atoms with van der Waals surface area (Å²) >= 11 is 0. The second-order valence-electron chi connectivity index (χ2n) is 4.84. The number of rotatable bonds is 2. The Hall–Kier alpha value is -0.820. The molecule has 0 spiro atoms. The van der Waals surface area contributed by atoms with Gasteiger partial charge in [-0.25, -0.2) is 0 Å². The molecule has 0 aromatic heterocycles. The number of alkyl halides is 2. The summed E-state index contributed by atoms with van der Waals surface area (Å²) in [7, 11) is 0. The van der Waals surface area contributed by atoms with Crippen LogP contribution in [0, 0.1) is 0 Å². The summed E-state index contributed by atoms with van der Waals surface area (Å²) in [6.07, 6.45) is -3.54. The predicted octanol–water partition coefficient (Wildman–Crippen LogP) is 2.82. The van der Waals surface area contributed by atoms with E-state index in [9.17, 15) is 8.78 Å². The highest BCUT2D eigenvalue weighted by atomic mass is 35.5. The first-order valence-corrected chi connectivity index (χ1v) is 6.40. The van der Waals surface area contributed by atoms with E-state index >= 15 is 0 Å². The minimum atomic E-state index is -3.54. The molecule has 0 bridgehead atoms. The predicted molar refractivity (Wildman–Crippen MR) is 80.0 cm³/mol. The number of benzene rings is 1. The third-order valence-electron chi connectivity index (χ3n) is 3.61. The van der Waals surface area contributed by atoms with Crippen molar-refractivity contribution in [1.82, 2.24) is 10.2 Å². The molecule has 0 saturated carbocycles. The van der Waals surface area contributed by atoms with Gasteiger partial charge in [0.25, 0.3) is 0 Å². The molecule has 1 N–H and O–H groups in total. The first-order chi connectivity index (χ1) is 9.05. The van der Waals surface area contributed by atoms with E-state index < -0.39 is 6.29 Å². The average Bonchev–Trinajstić information content (AvgIpc) is 2.71. The quantitative estimate of drug-likeness (QED) is 0.896. The Bertz CT molecular complexity index is 485. The molecule has 3 rings (SSSR count). The summed E-state index contributed by atoms with van der Waals surface area (Å²) in [6.45, 7) is 5.87. The van der Waals surface area contributed by atoms with Gasteiger partial charge in [0.1, 0.15) is 0 Å². The number of hydrogen-bond donors (Lipinski definition) is 1. The van der Waals surface area contributed by atoms with Crippen molar-refractivity contribution in [3.8, 4) is 11.5 Å². The fourth-order valence-corrected chi connectivity index (χ4v) is 2.51. The Morgan fingerprint density at radius 3 is 2.43 bits per heavy atom. The van der Waals surface area contributed by atoms with Gasteiger partial charge in [-0.3, -0.25) is 4.90 Å². The SMILES string of the molecule is C[C@H](c1ccc2c(c1)OC(F)(F)O2)N1CCNCC1.Cl.Cl.